The summed E-state index contributed by atoms with van der Waals surface area (Å²) in [6.07, 6.45) is 1.30. The standard InChI is InChI=1S/C21H25N3OS/c1-13-4-6-16(7-5-13)17-12-26-21-19(17)20(25)22-18(23-21)11-24-9-14(2)8-15(3)10-24/h4-7,12,14-15H,8-11H2,1-3H3,(H,22,23,25)/p+1/t14-,15-/m1/s1. The van der Waals surface area contributed by atoms with Crippen molar-refractivity contribution in [1.82, 2.24) is 9.97 Å². The fraction of sp³-hybridized carbons (Fsp3) is 0.429. The number of nitrogens with zero attached hydrogens (tertiary/aromatic N) is 1. The number of quaternary nitrogens is 1. The fourth-order valence-electron chi connectivity index (χ4n) is 4.33. The van der Waals surface area contributed by atoms with Crippen molar-refractivity contribution in [3.63, 3.8) is 0 Å². The molecule has 0 bridgehead atoms. The number of nitrogens with one attached hydrogen (secondary N) is 2. The summed E-state index contributed by atoms with van der Waals surface area (Å²) in [5.74, 6) is 2.29. The van der Waals surface area contributed by atoms with E-state index in [9.17, 15) is 4.79 Å². The smallest absolute Gasteiger partial charge is 0.260 e. The van der Waals surface area contributed by atoms with Gasteiger partial charge in [-0.25, -0.2) is 4.98 Å². The first-order valence-corrected chi connectivity index (χ1v) is 10.3. The molecule has 0 unspecified atom stereocenters. The van der Waals surface area contributed by atoms with Gasteiger partial charge in [-0.15, -0.1) is 11.3 Å². The molecule has 1 aliphatic rings. The van der Waals surface area contributed by atoms with Gasteiger partial charge >= 0.3 is 0 Å². The van der Waals surface area contributed by atoms with Crippen molar-refractivity contribution < 1.29 is 4.90 Å². The number of aromatic nitrogens is 2. The van der Waals surface area contributed by atoms with Crippen molar-refractivity contribution in [3.05, 3.63) is 51.4 Å². The number of fused-ring (bicyclic) bond motifs is 1. The number of aromatic amines is 1. The van der Waals surface area contributed by atoms with Crippen LogP contribution in [0.25, 0.3) is 21.3 Å². The second kappa shape index (κ2) is 6.97. The second-order valence-corrected chi connectivity index (χ2v) is 8.85. The average molecular weight is 369 g/mol. The van der Waals surface area contributed by atoms with Crippen LogP contribution in [0.3, 0.4) is 0 Å². The van der Waals surface area contributed by atoms with Crippen LogP contribution in [0.5, 0.6) is 0 Å². The second-order valence-electron chi connectivity index (χ2n) is 7.99. The SMILES string of the molecule is Cc1ccc(-c2csc3nc(C[NH+]4C[C@H](C)C[C@@H](C)C4)[nH]c(=O)c23)cc1. The highest BCUT2D eigenvalue weighted by molar-refractivity contribution is 7.17. The highest BCUT2D eigenvalue weighted by atomic mass is 32.1. The van der Waals surface area contributed by atoms with E-state index in [-0.39, 0.29) is 5.56 Å². The maximum Gasteiger partial charge on any atom is 0.260 e. The van der Waals surface area contributed by atoms with Gasteiger partial charge in [0, 0.05) is 22.8 Å². The number of hydrogen-bond acceptors (Lipinski definition) is 3. The fourth-order valence-corrected chi connectivity index (χ4v) is 5.29. The maximum atomic E-state index is 12.8. The predicted molar refractivity (Wildman–Crippen MR) is 108 cm³/mol. The van der Waals surface area contributed by atoms with Crippen molar-refractivity contribution in [2.45, 2.75) is 33.7 Å². The van der Waals surface area contributed by atoms with Crippen LogP contribution in [-0.4, -0.2) is 23.1 Å². The van der Waals surface area contributed by atoms with E-state index in [1.165, 1.54) is 16.9 Å². The molecule has 0 amide bonds. The van der Waals surface area contributed by atoms with Gasteiger partial charge in [0.15, 0.2) is 5.82 Å². The van der Waals surface area contributed by atoms with Gasteiger partial charge in [-0.3, -0.25) is 4.79 Å². The van der Waals surface area contributed by atoms with Crippen molar-refractivity contribution in [2.75, 3.05) is 13.1 Å². The summed E-state index contributed by atoms with van der Waals surface area (Å²) < 4.78 is 0. The summed E-state index contributed by atoms with van der Waals surface area (Å²) in [6.45, 7) is 9.83. The van der Waals surface area contributed by atoms with Crippen LogP contribution < -0.4 is 10.5 Å². The topological polar surface area (TPSA) is 50.2 Å². The molecular weight excluding hydrogens is 342 g/mol. The molecule has 1 aliphatic heterocycles. The molecule has 0 saturated carbocycles. The molecule has 0 aliphatic carbocycles. The van der Waals surface area contributed by atoms with Crippen LogP contribution in [0.4, 0.5) is 0 Å². The molecule has 26 heavy (non-hydrogen) atoms. The molecule has 2 atom stereocenters. The number of rotatable bonds is 3. The van der Waals surface area contributed by atoms with E-state index in [4.69, 9.17) is 4.98 Å². The number of benzene rings is 1. The van der Waals surface area contributed by atoms with Gasteiger partial charge in [0.1, 0.15) is 11.4 Å². The molecule has 4 rings (SSSR count). The zero-order chi connectivity index (χ0) is 18.3. The Balaban J connectivity index is 1.66. The van der Waals surface area contributed by atoms with Gasteiger partial charge in [0.25, 0.3) is 5.56 Å². The zero-order valence-electron chi connectivity index (χ0n) is 15.6. The molecule has 0 spiro atoms. The minimum absolute atomic E-state index is 0.0145. The zero-order valence-corrected chi connectivity index (χ0v) is 16.5. The summed E-state index contributed by atoms with van der Waals surface area (Å²) >= 11 is 1.56. The van der Waals surface area contributed by atoms with Gasteiger partial charge in [-0.1, -0.05) is 43.7 Å². The van der Waals surface area contributed by atoms with Gasteiger partial charge in [-0.05, 0) is 18.9 Å². The van der Waals surface area contributed by atoms with Crippen LogP contribution in [0.2, 0.25) is 0 Å². The molecule has 4 nitrogen and oxygen atoms in total. The third kappa shape index (κ3) is 3.46. The number of hydrogen-bond donors (Lipinski definition) is 2. The molecule has 1 fully saturated rings. The van der Waals surface area contributed by atoms with Gasteiger partial charge in [0.05, 0.1) is 18.5 Å². The molecule has 0 radical (unpaired) electrons. The van der Waals surface area contributed by atoms with E-state index in [1.807, 2.05) is 0 Å². The van der Waals surface area contributed by atoms with Crippen LogP contribution in [0, 0.1) is 18.8 Å². The summed E-state index contributed by atoms with van der Waals surface area (Å²) in [4.78, 5) is 23.0. The van der Waals surface area contributed by atoms with Crippen LogP contribution in [-0.2, 0) is 6.54 Å². The molecule has 5 heteroatoms. The van der Waals surface area contributed by atoms with E-state index in [1.54, 1.807) is 11.3 Å². The van der Waals surface area contributed by atoms with E-state index in [0.717, 1.165) is 58.6 Å². The lowest BCUT2D eigenvalue weighted by Gasteiger charge is -2.31. The third-order valence-corrected chi connectivity index (χ3v) is 6.22. The quantitative estimate of drug-likeness (QED) is 0.747. The van der Waals surface area contributed by atoms with Gasteiger partial charge in [-0.2, -0.15) is 0 Å². The molecule has 2 N–H and O–H groups in total. The Morgan fingerprint density at radius 2 is 1.88 bits per heavy atom. The highest BCUT2D eigenvalue weighted by Gasteiger charge is 2.26. The molecular formula is C21H26N3OS+. The van der Waals surface area contributed by atoms with Crippen molar-refractivity contribution in [2.24, 2.45) is 11.8 Å². The molecule has 1 aromatic carbocycles. The minimum atomic E-state index is -0.0145. The predicted octanol–water partition coefficient (Wildman–Crippen LogP) is 3.02. The third-order valence-electron chi connectivity index (χ3n) is 5.35. The van der Waals surface area contributed by atoms with Crippen LogP contribution >= 0.6 is 11.3 Å². The Kier molecular flexibility index (Phi) is 4.67. The van der Waals surface area contributed by atoms with Gasteiger partial charge in [0.2, 0.25) is 0 Å². The first-order chi connectivity index (χ1) is 12.5. The van der Waals surface area contributed by atoms with E-state index >= 15 is 0 Å². The monoisotopic (exact) mass is 368 g/mol. The maximum absolute atomic E-state index is 12.8. The minimum Gasteiger partial charge on any atom is -0.328 e. The van der Waals surface area contributed by atoms with Crippen molar-refractivity contribution in [1.29, 1.82) is 0 Å². The lowest BCUT2D eigenvalue weighted by molar-refractivity contribution is -0.926. The highest BCUT2D eigenvalue weighted by Crippen LogP contribution is 2.30. The summed E-state index contributed by atoms with van der Waals surface area (Å²) in [5.41, 5.74) is 3.26. The van der Waals surface area contributed by atoms with Crippen molar-refractivity contribution in [3.8, 4) is 11.1 Å². The summed E-state index contributed by atoms with van der Waals surface area (Å²) in [5, 5.41) is 2.78. The molecule has 1 saturated heterocycles. The Labute approximate surface area is 157 Å². The number of aryl methyl sites for hydroxylation is 1. The van der Waals surface area contributed by atoms with Crippen molar-refractivity contribution >= 4 is 21.6 Å². The molecule has 3 aromatic rings. The summed E-state index contributed by atoms with van der Waals surface area (Å²) in [7, 11) is 0. The Bertz CT molecular complexity index is 963. The first kappa shape index (κ1) is 17.4. The number of likely N-dealkylation sites (tertiary alicyclic amines) is 1. The average Bonchev–Trinajstić information content (AvgIpc) is 2.99. The van der Waals surface area contributed by atoms with E-state index < -0.39 is 0 Å². The molecule has 136 valence electrons. The Hall–Kier alpha value is -1.98. The van der Waals surface area contributed by atoms with Gasteiger partial charge < -0.3 is 9.88 Å². The van der Waals surface area contributed by atoms with Crippen LogP contribution in [0.1, 0.15) is 31.7 Å². The Morgan fingerprint density at radius 3 is 2.58 bits per heavy atom. The lowest BCUT2D eigenvalue weighted by atomic mass is 9.92. The number of thiophene rings is 1. The molecule has 2 aromatic heterocycles. The number of H-pyrrole nitrogens is 1. The van der Waals surface area contributed by atoms with E-state index in [2.05, 4.69) is 55.4 Å². The van der Waals surface area contributed by atoms with Crippen LogP contribution in [0.15, 0.2) is 34.4 Å². The largest absolute Gasteiger partial charge is 0.328 e. The van der Waals surface area contributed by atoms with E-state index in [0.29, 0.717) is 0 Å². The molecule has 3 heterocycles. The summed E-state index contributed by atoms with van der Waals surface area (Å²) in [6, 6.07) is 8.31. The first-order valence-electron chi connectivity index (χ1n) is 9.40. The lowest BCUT2D eigenvalue weighted by Crippen LogP contribution is -3.13. The normalized spacial score (nSPS) is 23.4. The Morgan fingerprint density at radius 1 is 1.19 bits per heavy atom. The number of piperidine rings is 1.